The average molecular weight is 1090 g/mol. The molecule has 7 aromatic rings. The molecule has 3 heterocycles. The van der Waals surface area contributed by atoms with E-state index in [1.54, 1.807) is 10.4 Å². The third-order valence-corrected chi connectivity index (χ3v) is 27.1. The molecule has 0 fully saturated rings. The van der Waals surface area contributed by atoms with Gasteiger partial charge in [0.2, 0.25) is 0 Å². The van der Waals surface area contributed by atoms with Crippen LogP contribution in [0.4, 0.5) is 34.1 Å². The highest BCUT2D eigenvalue weighted by molar-refractivity contribution is 7.33. The van der Waals surface area contributed by atoms with Crippen molar-refractivity contribution in [2.75, 3.05) is 9.80 Å². The van der Waals surface area contributed by atoms with Crippen molar-refractivity contribution in [3.8, 4) is 0 Å². The number of anilines is 6. The van der Waals surface area contributed by atoms with E-state index in [0.29, 0.717) is 17.0 Å². The fraction of sp³-hybridized carbons (Fsp3) is 0.289. The zero-order valence-corrected chi connectivity index (χ0v) is 50.9. The third kappa shape index (κ3) is 8.45. The number of rotatable bonds is 8. The summed E-state index contributed by atoms with van der Waals surface area (Å²) in [6, 6.07) is 46.3. The highest BCUT2D eigenvalue weighted by Crippen LogP contribution is 2.54. The Hall–Kier alpha value is -6.92. The zero-order valence-electron chi connectivity index (χ0n) is 49.1. The molecule has 0 radical (unpaired) electrons. The molecule has 0 amide bonds. The van der Waals surface area contributed by atoms with Gasteiger partial charge in [-0.15, -0.1) is 11.3 Å². The molecule has 0 N–H and O–H groups in total. The molecular formula is C76H77BN2SSi. The minimum atomic E-state index is -2.35. The molecule has 0 saturated carbocycles. The summed E-state index contributed by atoms with van der Waals surface area (Å²) in [6.45, 7) is 21.7. The summed E-state index contributed by atoms with van der Waals surface area (Å²) in [4.78, 5) is 5.36. The maximum absolute atomic E-state index is 2.70. The van der Waals surface area contributed by atoms with Gasteiger partial charge in [0, 0.05) is 49.4 Å². The van der Waals surface area contributed by atoms with Crippen molar-refractivity contribution in [2.24, 2.45) is 0 Å². The Labute approximate surface area is 488 Å². The largest absolute Gasteiger partial charge is 0.311 e. The number of nitrogens with zero attached hydrogens (tertiary/aromatic N) is 2. The first-order chi connectivity index (χ1) is 39.1. The minimum Gasteiger partial charge on any atom is -0.311 e. The van der Waals surface area contributed by atoms with E-state index in [2.05, 4.69) is 279 Å². The van der Waals surface area contributed by atoms with Gasteiger partial charge in [0.25, 0.3) is 6.71 Å². The second-order valence-electron chi connectivity index (χ2n) is 27.0. The van der Waals surface area contributed by atoms with Crippen molar-refractivity contribution in [1.82, 2.24) is 0 Å². The van der Waals surface area contributed by atoms with Crippen LogP contribution in [0, 0.1) is 13.8 Å². The topological polar surface area (TPSA) is 6.48 Å². The Morgan fingerprint density at radius 2 is 1.20 bits per heavy atom. The monoisotopic (exact) mass is 1090 g/mol. The molecular weight excluding hydrogens is 1010 g/mol. The van der Waals surface area contributed by atoms with E-state index in [1.807, 2.05) is 11.3 Å². The van der Waals surface area contributed by atoms with Crippen LogP contribution in [-0.2, 0) is 16.2 Å². The highest BCUT2D eigenvalue weighted by atomic mass is 32.1. The third-order valence-electron chi connectivity index (χ3n) is 20.1. The van der Waals surface area contributed by atoms with Crippen molar-refractivity contribution in [3.05, 3.63) is 251 Å². The molecule has 14 rings (SSSR count). The van der Waals surface area contributed by atoms with Crippen LogP contribution >= 0.6 is 11.3 Å². The number of allylic oxidation sites excluding steroid dienone is 16. The number of hydrogen-bond donors (Lipinski definition) is 0. The van der Waals surface area contributed by atoms with E-state index in [-0.39, 0.29) is 28.9 Å². The number of fused-ring (bicyclic) bond motifs is 7. The van der Waals surface area contributed by atoms with Crippen LogP contribution in [0.25, 0.3) is 10.1 Å². The molecule has 4 unspecified atom stereocenters. The van der Waals surface area contributed by atoms with Crippen molar-refractivity contribution >= 4 is 91.2 Å². The Morgan fingerprint density at radius 3 is 1.80 bits per heavy atom. The van der Waals surface area contributed by atoms with Gasteiger partial charge in [0.05, 0.1) is 11.4 Å². The normalized spacial score (nSPS) is 22.5. The Bertz CT molecular complexity index is 3890. The fourth-order valence-corrected chi connectivity index (χ4v) is 23.1. The van der Waals surface area contributed by atoms with Crippen molar-refractivity contribution in [3.63, 3.8) is 0 Å². The van der Waals surface area contributed by atoms with Gasteiger partial charge in [-0.3, -0.25) is 0 Å². The van der Waals surface area contributed by atoms with E-state index < -0.39 is 8.07 Å². The molecule has 0 saturated heterocycles. The van der Waals surface area contributed by atoms with Crippen LogP contribution in [0.3, 0.4) is 0 Å². The number of thiophene rings is 1. The minimum absolute atomic E-state index is 0.0462. The van der Waals surface area contributed by atoms with Gasteiger partial charge in [0.1, 0.15) is 8.07 Å². The molecule has 2 aliphatic heterocycles. The van der Waals surface area contributed by atoms with Crippen LogP contribution in [0.5, 0.6) is 0 Å². The summed E-state index contributed by atoms with van der Waals surface area (Å²) in [7, 11) is -2.35. The zero-order chi connectivity index (χ0) is 55.6. The molecule has 2 nitrogen and oxygen atoms in total. The second kappa shape index (κ2) is 19.6. The molecule has 4 atom stereocenters. The van der Waals surface area contributed by atoms with Gasteiger partial charge in [0.15, 0.2) is 0 Å². The quantitative estimate of drug-likeness (QED) is 0.140. The van der Waals surface area contributed by atoms with Gasteiger partial charge in [-0.25, -0.2) is 0 Å². The van der Waals surface area contributed by atoms with Gasteiger partial charge in [-0.1, -0.05) is 223 Å². The van der Waals surface area contributed by atoms with Crippen LogP contribution in [-0.4, -0.2) is 14.8 Å². The first kappa shape index (κ1) is 52.2. The maximum Gasteiger partial charge on any atom is 0.264 e. The molecule has 5 aliphatic carbocycles. The van der Waals surface area contributed by atoms with Crippen LogP contribution in [0.2, 0.25) is 11.1 Å². The van der Waals surface area contributed by atoms with E-state index in [0.717, 1.165) is 25.7 Å². The van der Waals surface area contributed by atoms with E-state index in [9.17, 15) is 0 Å². The molecule has 7 aliphatic rings. The molecule has 0 bridgehead atoms. The lowest BCUT2D eigenvalue weighted by Gasteiger charge is -2.46. The van der Waals surface area contributed by atoms with Crippen LogP contribution < -0.4 is 30.7 Å². The maximum atomic E-state index is 2.70. The Morgan fingerprint density at radius 1 is 0.568 bits per heavy atom. The molecule has 404 valence electrons. The lowest BCUT2D eigenvalue weighted by Crippen LogP contribution is -2.60. The number of hydrogen-bond acceptors (Lipinski definition) is 3. The average Bonchev–Trinajstić information content (AvgIpc) is 2.99. The standard InChI is InChI=1S/C76H77BN2SSi/c1-50-45-55(53-33-40-61(41-34-53)81(58-25-16-11-17-26-58,59-27-18-12-19-28-59)60-29-20-13-21-30-60)46-51(2)71(50)79-67-32-22-31-66-70(67)77(65-42-35-54(47-68(65)79)52-23-14-10-15-24-52)73-72(78(66)57-38-36-56(37-39-57)74(3,4)5)62-48-63-64(49-69(62)80-73)76(8,9)44-43-75(63,6)7/h10-23,25-27,29,31-33,35-42,45-49,52-53,59-60H,24,28,30,34,43-44H2,1-9H3. The summed E-state index contributed by atoms with van der Waals surface area (Å²) < 4.78 is 2.85. The van der Waals surface area contributed by atoms with Gasteiger partial charge in [-0.2, -0.15) is 0 Å². The molecule has 6 aromatic carbocycles. The Kier molecular flexibility index (Phi) is 12.6. The van der Waals surface area contributed by atoms with E-state index >= 15 is 0 Å². The van der Waals surface area contributed by atoms with Crippen LogP contribution in [0.15, 0.2) is 212 Å². The molecule has 0 spiro atoms. The predicted octanol–water partition coefficient (Wildman–Crippen LogP) is 18.5. The summed E-state index contributed by atoms with van der Waals surface area (Å²) in [5.74, 6) is 0.615. The van der Waals surface area contributed by atoms with Crippen molar-refractivity contribution < 1.29 is 0 Å². The van der Waals surface area contributed by atoms with Crippen LogP contribution in [0.1, 0.15) is 138 Å². The van der Waals surface area contributed by atoms with E-state index in [1.165, 1.54) is 112 Å². The number of aryl methyl sites for hydroxylation is 2. The highest BCUT2D eigenvalue weighted by Gasteiger charge is 2.50. The van der Waals surface area contributed by atoms with Gasteiger partial charge < -0.3 is 9.80 Å². The second-order valence-corrected chi connectivity index (χ2v) is 32.4. The molecule has 1 aromatic heterocycles. The summed E-state index contributed by atoms with van der Waals surface area (Å²) in [5.41, 5.74) is 21.6. The summed E-state index contributed by atoms with van der Waals surface area (Å²) in [6.07, 6.45) is 42.6. The summed E-state index contributed by atoms with van der Waals surface area (Å²) >= 11 is 2.05. The SMILES string of the molecule is Cc1cc(C2C=CC([Si](c3ccccc3)(C3C=CC=CC3)C3C=CC=CC3)=CC2)cc(C)c1N1c2cc(C3C=CC=CC3)ccc2B2c3sc4cc5c(cc4c3N(c3ccc(C(C)(C)C)cc3)c3cccc1c32)C(C)(C)CCC5(C)C. The number of benzene rings is 6. The lowest BCUT2D eigenvalue weighted by molar-refractivity contribution is 0.332. The van der Waals surface area contributed by atoms with Crippen molar-refractivity contribution in [2.45, 2.75) is 140 Å². The molecule has 81 heavy (non-hydrogen) atoms. The first-order valence-electron chi connectivity index (χ1n) is 30.3. The lowest BCUT2D eigenvalue weighted by atomic mass is 9.36. The summed E-state index contributed by atoms with van der Waals surface area (Å²) in [5, 5.41) is 4.52. The first-order valence-corrected chi connectivity index (χ1v) is 33.2. The fourth-order valence-electron chi connectivity index (χ4n) is 15.7. The predicted molar refractivity (Wildman–Crippen MR) is 355 cm³/mol. The van der Waals surface area contributed by atoms with Gasteiger partial charge >= 0.3 is 0 Å². The van der Waals surface area contributed by atoms with E-state index in [4.69, 9.17) is 0 Å². The molecule has 5 heteroatoms. The van der Waals surface area contributed by atoms with Gasteiger partial charge in [-0.05, 0) is 172 Å². The smallest absolute Gasteiger partial charge is 0.264 e. The Balaban J connectivity index is 0.925. The van der Waals surface area contributed by atoms with Crippen molar-refractivity contribution in [1.29, 1.82) is 0 Å².